The third-order valence-electron chi connectivity index (χ3n) is 8.78. The quantitative estimate of drug-likeness (QED) is 0.0445. The van der Waals surface area contributed by atoms with Gasteiger partial charge in [0.05, 0.1) is 18.3 Å². The van der Waals surface area contributed by atoms with E-state index < -0.39 is 24.4 Å². The van der Waals surface area contributed by atoms with Crippen LogP contribution in [0.1, 0.15) is 149 Å². The third-order valence-corrected chi connectivity index (χ3v) is 8.78. The normalized spacial score (nSPS) is 21.6. The van der Waals surface area contributed by atoms with Crippen LogP contribution in [-0.2, 0) is 19.1 Å². The zero-order valence-electron chi connectivity index (χ0n) is 28.2. The van der Waals surface area contributed by atoms with Crippen molar-refractivity contribution in [1.82, 2.24) is 0 Å². The van der Waals surface area contributed by atoms with Crippen molar-refractivity contribution in [3.05, 3.63) is 12.2 Å². The van der Waals surface area contributed by atoms with Crippen molar-refractivity contribution in [3.63, 3.8) is 0 Å². The summed E-state index contributed by atoms with van der Waals surface area (Å²) in [6.07, 6.45) is 19.2. The molecule has 0 aromatic rings. The summed E-state index contributed by atoms with van der Waals surface area (Å²) >= 11 is 0. The van der Waals surface area contributed by atoms with E-state index in [1.54, 1.807) is 6.08 Å². The zero-order valence-corrected chi connectivity index (χ0v) is 28.2. The van der Waals surface area contributed by atoms with E-state index in [1.165, 1.54) is 32.1 Å². The number of hydrogen-bond acceptors (Lipinski definition) is 8. The van der Waals surface area contributed by atoms with Crippen molar-refractivity contribution in [2.75, 3.05) is 13.2 Å². The topological polar surface area (TPSA) is 134 Å². The number of aliphatic hydroxyl groups is 4. The minimum Gasteiger partial charge on any atom is -0.463 e. The molecular weight excluding hydrogens is 560 g/mol. The SMILES string of the molecule is CCCCC[C@H](O)/C=C/[C@@H]1[C@@H](CCCCCCC(=O)OC[C@H](O)COC(=O)CCCCCCCCCC(C)C)[C@@H](O)C[C@H]1O. The number of esters is 2. The highest BCUT2D eigenvalue weighted by molar-refractivity contribution is 5.69. The molecule has 1 fully saturated rings. The summed E-state index contributed by atoms with van der Waals surface area (Å²) in [7, 11) is 0. The van der Waals surface area contributed by atoms with Crippen LogP contribution in [0, 0.1) is 17.8 Å². The number of carbonyl (C=O) groups is 2. The molecule has 8 heteroatoms. The minimum absolute atomic E-state index is 0.0288. The fourth-order valence-corrected chi connectivity index (χ4v) is 6.01. The van der Waals surface area contributed by atoms with Crippen LogP contribution in [0.5, 0.6) is 0 Å². The van der Waals surface area contributed by atoms with Crippen LogP contribution in [-0.4, -0.2) is 70.0 Å². The van der Waals surface area contributed by atoms with E-state index in [9.17, 15) is 30.0 Å². The van der Waals surface area contributed by atoms with Crippen molar-refractivity contribution in [3.8, 4) is 0 Å². The average Bonchev–Trinajstić information content (AvgIpc) is 3.25. The Morgan fingerprint density at radius 2 is 1.25 bits per heavy atom. The lowest BCUT2D eigenvalue weighted by Gasteiger charge is -2.21. The Morgan fingerprint density at radius 3 is 1.82 bits per heavy atom. The molecule has 1 aliphatic rings. The minimum atomic E-state index is -1.03. The molecule has 0 heterocycles. The molecule has 1 saturated carbocycles. The number of ether oxygens (including phenoxy) is 2. The summed E-state index contributed by atoms with van der Waals surface area (Å²) in [5.74, 6) is -0.102. The third kappa shape index (κ3) is 20.5. The number of aliphatic hydroxyl groups excluding tert-OH is 4. The molecule has 0 unspecified atom stereocenters. The lowest BCUT2D eigenvalue weighted by molar-refractivity contribution is -0.152. The van der Waals surface area contributed by atoms with Gasteiger partial charge in [-0.05, 0) is 37.5 Å². The average molecular weight is 627 g/mol. The molecule has 0 radical (unpaired) electrons. The highest BCUT2D eigenvalue weighted by Crippen LogP contribution is 2.37. The van der Waals surface area contributed by atoms with Gasteiger partial charge >= 0.3 is 11.9 Å². The Labute approximate surface area is 268 Å². The number of unbranched alkanes of at least 4 members (excludes halogenated alkanes) is 11. The summed E-state index contributed by atoms with van der Waals surface area (Å²) in [5, 5.41) is 41.1. The smallest absolute Gasteiger partial charge is 0.305 e. The van der Waals surface area contributed by atoms with Crippen LogP contribution in [0.3, 0.4) is 0 Å². The fourth-order valence-electron chi connectivity index (χ4n) is 6.01. The maximum absolute atomic E-state index is 12.0. The molecule has 258 valence electrons. The van der Waals surface area contributed by atoms with Gasteiger partial charge in [-0.3, -0.25) is 9.59 Å². The molecule has 0 spiro atoms. The summed E-state index contributed by atoms with van der Waals surface area (Å²) in [5.41, 5.74) is 0. The molecule has 8 nitrogen and oxygen atoms in total. The molecular formula is C36H66O8. The number of rotatable bonds is 27. The van der Waals surface area contributed by atoms with Gasteiger partial charge in [0.2, 0.25) is 0 Å². The van der Waals surface area contributed by atoms with E-state index in [-0.39, 0.29) is 43.4 Å². The molecule has 0 saturated heterocycles. The van der Waals surface area contributed by atoms with E-state index in [0.717, 1.165) is 70.1 Å². The van der Waals surface area contributed by atoms with Gasteiger partial charge < -0.3 is 29.9 Å². The van der Waals surface area contributed by atoms with Crippen LogP contribution < -0.4 is 0 Å². The van der Waals surface area contributed by atoms with Crippen LogP contribution >= 0.6 is 0 Å². The lowest BCUT2D eigenvalue weighted by atomic mass is 9.88. The number of carbonyl (C=O) groups excluding carboxylic acids is 2. The predicted octanol–water partition coefficient (Wildman–Crippen LogP) is 6.80. The molecule has 6 atom stereocenters. The van der Waals surface area contributed by atoms with Crippen LogP contribution in [0.4, 0.5) is 0 Å². The van der Waals surface area contributed by atoms with Crippen molar-refractivity contribution in [1.29, 1.82) is 0 Å². The summed E-state index contributed by atoms with van der Waals surface area (Å²) < 4.78 is 10.3. The second-order valence-electron chi connectivity index (χ2n) is 13.4. The van der Waals surface area contributed by atoms with Gasteiger partial charge in [-0.15, -0.1) is 0 Å². The molecule has 0 amide bonds. The summed E-state index contributed by atoms with van der Waals surface area (Å²) in [4.78, 5) is 24.0. The van der Waals surface area contributed by atoms with Crippen molar-refractivity contribution < 1.29 is 39.5 Å². The molecule has 0 aliphatic heterocycles. The number of hydrogen-bond donors (Lipinski definition) is 4. The standard InChI is InChI=1S/C36H66O8/c1-4-5-13-19-29(37)23-24-32-31(33(39)25-34(32)40)20-15-11-12-17-22-36(42)44-27-30(38)26-43-35(41)21-16-10-8-6-7-9-14-18-28(2)3/h23-24,28-34,37-40H,4-22,25-27H2,1-3H3/b24-23+/t29-,30+,31+,32+,33-,34+/m0/s1. The van der Waals surface area contributed by atoms with E-state index >= 15 is 0 Å². The van der Waals surface area contributed by atoms with Crippen molar-refractivity contribution in [2.24, 2.45) is 17.8 Å². The van der Waals surface area contributed by atoms with Gasteiger partial charge in [0.25, 0.3) is 0 Å². The van der Waals surface area contributed by atoms with Crippen LogP contribution in [0.25, 0.3) is 0 Å². The summed E-state index contributed by atoms with van der Waals surface area (Å²) in [6, 6.07) is 0. The molecule has 44 heavy (non-hydrogen) atoms. The first-order chi connectivity index (χ1) is 21.1. The maximum atomic E-state index is 12.0. The molecule has 1 aliphatic carbocycles. The zero-order chi connectivity index (χ0) is 32.6. The van der Waals surface area contributed by atoms with Gasteiger partial charge in [-0.25, -0.2) is 0 Å². The molecule has 0 bridgehead atoms. The first kappa shape index (κ1) is 40.5. The highest BCUT2D eigenvalue weighted by Gasteiger charge is 2.39. The largest absolute Gasteiger partial charge is 0.463 e. The Balaban J connectivity index is 2.07. The fraction of sp³-hybridized carbons (Fsp3) is 0.889. The van der Waals surface area contributed by atoms with Gasteiger partial charge in [-0.1, -0.05) is 116 Å². The van der Waals surface area contributed by atoms with Crippen LogP contribution in [0.15, 0.2) is 12.2 Å². The Hall–Kier alpha value is -1.48. The monoisotopic (exact) mass is 626 g/mol. The van der Waals surface area contributed by atoms with Gasteiger partial charge in [0.15, 0.2) is 0 Å². The first-order valence-electron chi connectivity index (χ1n) is 17.9. The Bertz CT molecular complexity index is 754. The molecule has 0 aromatic heterocycles. The van der Waals surface area contributed by atoms with Crippen LogP contribution in [0.2, 0.25) is 0 Å². The molecule has 1 rings (SSSR count). The van der Waals surface area contributed by atoms with E-state index in [2.05, 4.69) is 20.8 Å². The van der Waals surface area contributed by atoms with E-state index in [1.807, 2.05) is 6.08 Å². The second kappa shape index (κ2) is 25.7. The van der Waals surface area contributed by atoms with Crippen molar-refractivity contribution >= 4 is 11.9 Å². The van der Waals surface area contributed by atoms with E-state index in [0.29, 0.717) is 25.7 Å². The maximum Gasteiger partial charge on any atom is 0.305 e. The van der Waals surface area contributed by atoms with Gasteiger partial charge in [0.1, 0.15) is 19.3 Å². The van der Waals surface area contributed by atoms with Gasteiger partial charge in [0, 0.05) is 25.2 Å². The molecule has 0 aromatic carbocycles. The predicted molar refractivity (Wildman–Crippen MR) is 175 cm³/mol. The summed E-state index contributed by atoms with van der Waals surface area (Å²) in [6.45, 7) is 6.29. The Kier molecular flexibility index (Phi) is 23.7. The van der Waals surface area contributed by atoms with Gasteiger partial charge in [-0.2, -0.15) is 0 Å². The Morgan fingerprint density at radius 1 is 0.727 bits per heavy atom. The highest BCUT2D eigenvalue weighted by atomic mass is 16.6. The lowest BCUT2D eigenvalue weighted by Crippen LogP contribution is -2.25. The second-order valence-corrected chi connectivity index (χ2v) is 13.4. The van der Waals surface area contributed by atoms with Crippen molar-refractivity contribution in [2.45, 2.75) is 174 Å². The van der Waals surface area contributed by atoms with E-state index in [4.69, 9.17) is 9.47 Å². The molecule has 4 N–H and O–H groups in total. The first-order valence-corrected chi connectivity index (χ1v) is 17.9.